The van der Waals surface area contributed by atoms with Crippen LogP contribution in [-0.4, -0.2) is 36.8 Å². The maximum Gasteiger partial charge on any atom is 0.262 e. The quantitative estimate of drug-likeness (QED) is 0.910. The molecule has 6 nitrogen and oxygen atoms in total. The zero-order valence-electron chi connectivity index (χ0n) is 12.8. The van der Waals surface area contributed by atoms with E-state index in [1.165, 1.54) is 0 Å². The van der Waals surface area contributed by atoms with Crippen LogP contribution >= 0.6 is 0 Å². The zero-order valence-corrected chi connectivity index (χ0v) is 12.8. The fraction of sp³-hybridized carbons (Fsp3) is 0.467. The van der Waals surface area contributed by atoms with E-state index in [-0.39, 0.29) is 18.9 Å². The molecule has 1 unspecified atom stereocenters. The molecule has 3 rings (SSSR count). The van der Waals surface area contributed by atoms with Gasteiger partial charge in [-0.2, -0.15) is 4.98 Å². The Morgan fingerprint density at radius 2 is 2.09 bits per heavy atom. The van der Waals surface area contributed by atoms with Crippen LogP contribution in [0.2, 0.25) is 0 Å². The van der Waals surface area contributed by atoms with Crippen molar-refractivity contribution in [3.05, 3.63) is 35.5 Å². The van der Waals surface area contributed by atoms with E-state index in [1.807, 2.05) is 12.1 Å². The molecule has 1 aromatic heterocycles. The number of nitrogens with one attached hydrogen (secondary N) is 1. The Kier molecular flexibility index (Phi) is 4.16. The van der Waals surface area contributed by atoms with Crippen molar-refractivity contribution in [3.8, 4) is 11.5 Å². The van der Waals surface area contributed by atoms with Crippen LogP contribution in [0, 0.1) is 0 Å². The van der Waals surface area contributed by atoms with Crippen molar-refractivity contribution < 1.29 is 22.8 Å². The molecule has 0 aliphatic carbocycles. The summed E-state index contributed by atoms with van der Waals surface area (Å²) in [5, 5.41) is 6.55. The highest BCUT2D eigenvalue weighted by Crippen LogP contribution is 2.33. The topological polar surface area (TPSA) is 69.4 Å². The standard InChI is InChI=1S/C15H17F2N3O3/c1-21-11-4-3-9(5-12(11)22-2)6-13-19-14(23-20-13)10-7-15(16,17)8-18-10/h3-5,10,18H,6-8H2,1-2H3. The highest BCUT2D eigenvalue weighted by atomic mass is 19.3. The average molecular weight is 325 g/mol. The summed E-state index contributed by atoms with van der Waals surface area (Å²) < 4.78 is 41.9. The zero-order chi connectivity index (χ0) is 16.4. The Labute approximate surface area is 131 Å². The van der Waals surface area contributed by atoms with Gasteiger partial charge in [0.15, 0.2) is 17.3 Å². The minimum Gasteiger partial charge on any atom is -0.493 e. The molecule has 23 heavy (non-hydrogen) atoms. The number of nitrogens with zero attached hydrogens (tertiary/aromatic N) is 2. The Morgan fingerprint density at radius 1 is 1.30 bits per heavy atom. The van der Waals surface area contributed by atoms with Crippen LogP contribution in [0.5, 0.6) is 11.5 Å². The van der Waals surface area contributed by atoms with Crippen molar-refractivity contribution >= 4 is 0 Å². The third-order valence-electron chi connectivity index (χ3n) is 3.70. The molecule has 2 aromatic rings. The van der Waals surface area contributed by atoms with Crippen LogP contribution in [0.25, 0.3) is 0 Å². The molecule has 0 amide bonds. The lowest BCUT2D eigenvalue weighted by molar-refractivity contribution is 0.0200. The summed E-state index contributed by atoms with van der Waals surface area (Å²) in [5.41, 5.74) is 0.903. The van der Waals surface area contributed by atoms with Gasteiger partial charge in [-0.15, -0.1) is 0 Å². The molecule has 1 fully saturated rings. The number of aromatic nitrogens is 2. The highest BCUT2D eigenvalue weighted by molar-refractivity contribution is 5.43. The van der Waals surface area contributed by atoms with Gasteiger partial charge >= 0.3 is 0 Å². The predicted octanol–water partition coefficient (Wildman–Crippen LogP) is 2.35. The molecule has 1 aliphatic heterocycles. The van der Waals surface area contributed by atoms with Gasteiger partial charge in [0.1, 0.15) is 0 Å². The fourth-order valence-electron chi connectivity index (χ4n) is 2.54. The van der Waals surface area contributed by atoms with Crippen molar-refractivity contribution in [2.24, 2.45) is 0 Å². The van der Waals surface area contributed by atoms with Gasteiger partial charge in [0.2, 0.25) is 5.89 Å². The number of methoxy groups -OCH3 is 2. The third-order valence-corrected chi connectivity index (χ3v) is 3.70. The number of rotatable bonds is 5. The number of halogens is 2. The Bertz CT molecular complexity index is 690. The second-order valence-electron chi connectivity index (χ2n) is 5.41. The van der Waals surface area contributed by atoms with Crippen LogP contribution in [0.3, 0.4) is 0 Å². The van der Waals surface area contributed by atoms with E-state index in [2.05, 4.69) is 15.5 Å². The monoisotopic (exact) mass is 325 g/mol. The summed E-state index contributed by atoms with van der Waals surface area (Å²) in [6, 6.07) is 4.86. The minimum atomic E-state index is -2.73. The number of hydrogen-bond acceptors (Lipinski definition) is 6. The molecule has 0 spiro atoms. The largest absolute Gasteiger partial charge is 0.493 e. The summed E-state index contributed by atoms with van der Waals surface area (Å²) in [7, 11) is 3.12. The van der Waals surface area contributed by atoms with E-state index in [9.17, 15) is 8.78 Å². The SMILES string of the molecule is COc1ccc(Cc2noc(C3CC(F)(F)CN3)n2)cc1OC. The van der Waals surface area contributed by atoms with Gasteiger partial charge in [0.25, 0.3) is 5.92 Å². The highest BCUT2D eigenvalue weighted by Gasteiger charge is 2.42. The minimum absolute atomic E-state index is 0.192. The molecule has 124 valence electrons. The lowest BCUT2D eigenvalue weighted by atomic mass is 10.1. The molecule has 0 saturated carbocycles. The summed E-state index contributed by atoms with van der Waals surface area (Å²) in [4.78, 5) is 4.21. The van der Waals surface area contributed by atoms with Crippen molar-refractivity contribution in [2.45, 2.75) is 24.8 Å². The van der Waals surface area contributed by atoms with Crippen molar-refractivity contribution in [1.29, 1.82) is 0 Å². The molecular formula is C15H17F2N3O3. The van der Waals surface area contributed by atoms with Gasteiger partial charge in [-0.25, -0.2) is 8.78 Å². The molecule has 8 heteroatoms. The lowest BCUT2D eigenvalue weighted by Gasteiger charge is -2.08. The molecular weight excluding hydrogens is 308 g/mol. The van der Waals surface area contributed by atoms with Crippen LogP contribution < -0.4 is 14.8 Å². The average Bonchev–Trinajstić information content (AvgIpc) is 3.13. The lowest BCUT2D eigenvalue weighted by Crippen LogP contribution is -2.19. The molecule has 1 atom stereocenters. The van der Waals surface area contributed by atoms with Gasteiger partial charge in [-0.3, -0.25) is 5.32 Å². The van der Waals surface area contributed by atoms with Crippen molar-refractivity contribution in [3.63, 3.8) is 0 Å². The van der Waals surface area contributed by atoms with Gasteiger partial charge < -0.3 is 14.0 Å². The number of alkyl halides is 2. The maximum atomic E-state index is 13.2. The predicted molar refractivity (Wildman–Crippen MR) is 77.0 cm³/mol. The van der Waals surface area contributed by atoms with Gasteiger partial charge in [0.05, 0.1) is 26.8 Å². The van der Waals surface area contributed by atoms with Crippen LogP contribution in [0.4, 0.5) is 8.78 Å². The number of hydrogen-bond donors (Lipinski definition) is 1. The summed E-state index contributed by atoms with van der Waals surface area (Å²) in [6.45, 7) is -0.370. The van der Waals surface area contributed by atoms with E-state index < -0.39 is 12.0 Å². The first-order valence-corrected chi connectivity index (χ1v) is 7.15. The number of ether oxygens (including phenoxy) is 2. The maximum absolute atomic E-state index is 13.2. The summed E-state index contributed by atoms with van der Waals surface area (Å²) in [5.74, 6) is -0.877. The van der Waals surface area contributed by atoms with Crippen LogP contribution in [-0.2, 0) is 6.42 Å². The third kappa shape index (κ3) is 3.42. The summed E-state index contributed by atoms with van der Waals surface area (Å²) in [6.07, 6.45) is 0.0813. The molecule has 1 N–H and O–H groups in total. The van der Waals surface area contributed by atoms with E-state index in [1.54, 1.807) is 20.3 Å². The first-order chi connectivity index (χ1) is 11.0. The van der Waals surface area contributed by atoms with Gasteiger partial charge in [-0.05, 0) is 17.7 Å². The van der Waals surface area contributed by atoms with E-state index in [0.29, 0.717) is 23.7 Å². The van der Waals surface area contributed by atoms with Gasteiger partial charge in [0, 0.05) is 12.8 Å². The first-order valence-electron chi connectivity index (χ1n) is 7.15. The number of benzene rings is 1. The second-order valence-corrected chi connectivity index (χ2v) is 5.41. The molecule has 2 heterocycles. The Hall–Kier alpha value is -2.22. The Morgan fingerprint density at radius 3 is 2.74 bits per heavy atom. The second kappa shape index (κ2) is 6.11. The van der Waals surface area contributed by atoms with Crippen molar-refractivity contribution in [1.82, 2.24) is 15.5 Å². The van der Waals surface area contributed by atoms with Crippen LogP contribution in [0.15, 0.2) is 22.7 Å². The first kappa shape index (κ1) is 15.7. The smallest absolute Gasteiger partial charge is 0.262 e. The Balaban J connectivity index is 1.72. The van der Waals surface area contributed by atoms with E-state index in [4.69, 9.17) is 14.0 Å². The van der Waals surface area contributed by atoms with Crippen LogP contribution in [0.1, 0.15) is 29.7 Å². The molecule has 1 aromatic carbocycles. The molecule has 1 saturated heterocycles. The van der Waals surface area contributed by atoms with E-state index >= 15 is 0 Å². The van der Waals surface area contributed by atoms with E-state index in [0.717, 1.165) is 5.56 Å². The fourth-order valence-corrected chi connectivity index (χ4v) is 2.54. The normalized spacial score (nSPS) is 19.7. The summed E-state index contributed by atoms with van der Waals surface area (Å²) >= 11 is 0. The molecule has 0 bridgehead atoms. The van der Waals surface area contributed by atoms with Gasteiger partial charge in [-0.1, -0.05) is 11.2 Å². The van der Waals surface area contributed by atoms with Crippen molar-refractivity contribution in [2.75, 3.05) is 20.8 Å². The molecule has 0 radical (unpaired) electrons. The molecule has 1 aliphatic rings.